The topological polar surface area (TPSA) is 55.4 Å². The van der Waals surface area contributed by atoms with E-state index in [2.05, 4.69) is 5.32 Å². The van der Waals surface area contributed by atoms with Gasteiger partial charge in [0.25, 0.3) is 0 Å². The van der Waals surface area contributed by atoms with Crippen LogP contribution in [0.5, 0.6) is 0 Å². The van der Waals surface area contributed by atoms with E-state index in [1.807, 2.05) is 0 Å². The third-order valence-electron chi connectivity index (χ3n) is 4.21. The molecule has 0 bridgehead atoms. The van der Waals surface area contributed by atoms with Crippen LogP contribution >= 0.6 is 23.2 Å². The van der Waals surface area contributed by atoms with Crippen molar-refractivity contribution in [2.24, 2.45) is 5.92 Å². The lowest BCUT2D eigenvalue weighted by Crippen LogP contribution is -2.43. The van der Waals surface area contributed by atoms with E-state index in [1.54, 1.807) is 18.2 Å². The van der Waals surface area contributed by atoms with Gasteiger partial charge in [-0.25, -0.2) is 4.79 Å². The van der Waals surface area contributed by atoms with Gasteiger partial charge in [0.1, 0.15) is 6.04 Å². The predicted octanol–water partition coefficient (Wildman–Crippen LogP) is 3.77. The van der Waals surface area contributed by atoms with Crippen LogP contribution in [0.2, 0.25) is 10.0 Å². The standard InChI is InChI=1S/C17H21Cl2NO3/c1-23-17(22)15(9-12-6-7-13(18)10-14(12)19)20-16(21)8-11-4-2-3-5-11/h6-7,10-11,15H,2-5,8-9H2,1H3,(H,20,21)/t15-/m0/s1. The molecule has 1 fully saturated rings. The Kier molecular flexibility index (Phi) is 6.72. The van der Waals surface area contributed by atoms with Crippen LogP contribution in [0.1, 0.15) is 37.7 Å². The van der Waals surface area contributed by atoms with Crippen molar-refractivity contribution in [2.45, 2.75) is 44.6 Å². The van der Waals surface area contributed by atoms with Crippen molar-refractivity contribution in [1.82, 2.24) is 5.32 Å². The van der Waals surface area contributed by atoms with Gasteiger partial charge in [-0.2, -0.15) is 0 Å². The number of carbonyl (C=O) groups excluding carboxylic acids is 2. The number of hydrogen-bond donors (Lipinski definition) is 1. The van der Waals surface area contributed by atoms with Crippen LogP contribution in [0.4, 0.5) is 0 Å². The van der Waals surface area contributed by atoms with Gasteiger partial charge in [0.2, 0.25) is 5.91 Å². The van der Waals surface area contributed by atoms with Gasteiger partial charge in [-0.3, -0.25) is 4.79 Å². The Balaban J connectivity index is 2.01. The van der Waals surface area contributed by atoms with Crippen molar-refractivity contribution in [3.63, 3.8) is 0 Å². The summed E-state index contributed by atoms with van der Waals surface area (Å²) in [5, 5.41) is 3.78. The van der Waals surface area contributed by atoms with Gasteiger partial charge in [-0.05, 0) is 36.5 Å². The molecule has 2 rings (SSSR count). The average molecular weight is 358 g/mol. The smallest absolute Gasteiger partial charge is 0.328 e. The molecule has 1 aliphatic rings. The summed E-state index contributed by atoms with van der Waals surface area (Å²) in [6, 6.07) is 4.33. The van der Waals surface area contributed by atoms with E-state index in [0.29, 0.717) is 22.4 Å². The van der Waals surface area contributed by atoms with Crippen molar-refractivity contribution in [1.29, 1.82) is 0 Å². The molecule has 0 unspecified atom stereocenters. The SMILES string of the molecule is COC(=O)[C@H](Cc1ccc(Cl)cc1Cl)NC(=O)CC1CCCC1. The number of benzene rings is 1. The molecule has 1 aromatic rings. The molecule has 1 N–H and O–H groups in total. The fourth-order valence-electron chi connectivity index (χ4n) is 2.97. The van der Waals surface area contributed by atoms with Crippen molar-refractivity contribution in [2.75, 3.05) is 7.11 Å². The Hall–Kier alpha value is -1.26. The number of rotatable bonds is 6. The first-order valence-corrected chi connectivity index (χ1v) is 8.56. The first kappa shape index (κ1) is 18.1. The van der Waals surface area contributed by atoms with Crippen LogP contribution in [0.3, 0.4) is 0 Å². The highest BCUT2D eigenvalue weighted by Crippen LogP contribution is 2.27. The summed E-state index contributed by atoms with van der Waals surface area (Å²) in [7, 11) is 1.31. The third kappa shape index (κ3) is 5.40. The van der Waals surface area contributed by atoms with Gasteiger partial charge < -0.3 is 10.1 Å². The van der Waals surface area contributed by atoms with Crippen LogP contribution in [0.15, 0.2) is 18.2 Å². The van der Waals surface area contributed by atoms with E-state index in [0.717, 1.165) is 18.4 Å². The number of methoxy groups -OCH3 is 1. The Morgan fingerprint density at radius 2 is 2.00 bits per heavy atom. The van der Waals surface area contributed by atoms with Crippen molar-refractivity contribution >= 4 is 35.1 Å². The molecular formula is C17H21Cl2NO3. The Labute approximate surface area is 146 Å². The molecule has 0 aliphatic heterocycles. The average Bonchev–Trinajstić information content (AvgIpc) is 3.01. The molecule has 0 saturated heterocycles. The fraction of sp³-hybridized carbons (Fsp3) is 0.529. The minimum atomic E-state index is -0.743. The van der Waals surface area contributed by atoms with Gasteiger partial charge >= 0.3 is 5.97 Å². The number of carbonyl (C=O) groups is 2. The largest absolute Gasteiger partial charge is 0.467 e. The molecule has 126 valence electrons. The van der Waals surface area contributed by atoms with Gasteiger partial charge in [-0.1, -0.05) is 42.1 Å². The summed E-state index contributed by atoms with van der Waals surface area (Å²) in [6.45, 7) is 0. The lowest BCUT2D eigenvalue weighted by molar-refractivity contribution is -0.145. The van der Waals surface area contributed by atoms with Crippen molar-refractivity contribution < 1.29 is 14.3 Å². The van der Waals surface area contributed by atoms with Crippen LogP contribution in [0.25, 0.3) is 0 Å². The molecule has 6 heteroatoms. The minimum absolute atomic E-state index is 0.114. The summed E-state index contributed by atoms with van der Waals surface area (Å²) in [5.41, 5.74) is 0.743. The Morgan fingerprint density at radius 1 is 1.30 bits per heavy atom. The lowest BCUT2D eigenvalue weighted by Gasteiger charge is -2.18. The summed E-state index contributed by atoms with van der Waals surface area (Å²) in [4.78, 5) is 24.1. The molecule has 1 atom stereocenters. The maximum Gasteiger partial charge on any atom is 0.328 e. The summed E-state index contributed by atoms with van der Waals surface area (Å²) < 4.78 is 4.80. The van der Waals surface area contributed by atoms with Crippen LogP contribution in [-0.4, -0.2) is 25.0 Å². The predicted molar refractivity (Wildman–Crippen MR) is 90.7 cm³/mol. The first-order valence-electron chi connectivity index (χ1n) is 7.80. The second-order valence-corrected chi connectivity index (χ2v) is 6.78. The first-order chi connectivity index (χ1) is 11.0. The van der Waals surface area contributed by atoms with E-state index in [1.165, 1.54) is 20.0 Å². The number of hydrogen-bond acceptors (Lipinski definition) is 3. The summed E-state index contributed by atoms with van der Waals surface area (Å²) in [6.07, 6.45) is 5.26. The molecule has 23 heavy (non-hydrogen) atoms. The molecule has 0 aromatic heterocycles. The van der Waals surface area contributed by atoms with Gasteiger partial charge in [-0.15, -0.1) is 0 Å². The monoisotopic (exact) mass is 357 g/mol. The number of halogens is 2. The third-order valence-corrected chi connectivity index (χ3v) is 4.80. The number of amides is 1. The zero-order chi connectivity index (χ0) is 16.8. The number of ether oxygens (including phenoxy) is 1. The maximum absolute atomic E-state index is 12.2. The maximum atomic E-state index is 12.2. The van der Waals surface area contributed by atoms with E-state index in [4.69, 9.17) is 27.9 Å². The Bertz CT molecular complexity index is 571. The molecule has 4 nitrogen and oxygen atoms in total. The van der Waals surface area contributed by atoms with E-state index in [9.17, 15) is 9.59 Å². The van der Waals surface area contributed by atoms with Crippen molar-refractivity contribution in [3.8, 4) is 0 Å². The molecule has 1 amide bonds. The normalized spacial score (nSPS) is 16.1. The fourth-order valence-corrected chi connectivity index (χ4v) is 3.46. The highest BCUT2D eigenvalue weighted by molar-refractivity contribution is 6.35. The summed E-state index contributed by atoms with van der Waals surface area (Å²) in [5.74, 6) is -0.166. The van der Waals surface area contributed by atoms with Gasteiger partial charge in [0.05, 0.1) is 7.11 Å². The zero-order valence-electron chi connectivity index (χ0n) is 13.1. The molecule has 0 spiro atoms. The van der Waals surface area contributed by atoms with Crippen LogP contribution in [0, 0.1) is 5.92 Å². The zero-order valence-corrected chi connectivity index (χ0v) is 14.6. The molecular weight excluding hydrogens is 337 g/mol. The number of esters is 1. The van der Waals surface area contributed by atoms with E-state index >= 15 is 0 Å². The highest BCUT2D eigenvalue weighted by Gasteiger charge is 2.25. The number of nitrogens with one attached hydrogen (secondary N) is 1. The molecule has 1 aliphatic carbocycles. The highest BCUT2D eigenvalue weighted by atomic mass is 35.5. The van der Waals surface area contributed by atoms with Crippen molar-refractivity contribution in [3.05, 3.63) is 33.8 Å². The van der Waals surface area contributed by atoms with Gasteiger partial charge in [0.15, 0.2) is 0 Å². The minimum Gasteiger partial charge on any atom is -0.467 e. The molecule has 1 saturated carbocycles. The second-order valence-electron chi connectivity index (χ2n) is 5.94. The van der Waals surface area contributed by atoms with Crippen LogP contribution < -0.4 is 5.32 Å². The van der Waals surface area contributed by atoms with E-state index < -0.39 is 12.0 Å². The van der Waals surface area contributed by atoms with Crippen LogP contribution in [-0.2, 0) is 20.7 Å². The summed E-state index contributed by atoms with van der Waals surface area (Å²) >= 11 is 12.0. The molecule has 0 radical (unpaired) electrons. The second kappa shape index (κ2) is 8.55. The Morgan fingerprint density at radius 3 is 2.61 bits per heavy atom. The quantitative estimate of drug-likeness (QED) is 0.788. The van der Waals surface area contributed by atoms with E-state index in [-0.39, 0.29) is 12.3 Å². The molecule has 1 aromatic carbocycles. The van der Waals surface area contributed by atoms with Gasteiger partial charge in [0, 0.05) is 22.9 Å². The lowest BCUT2D eigenvalue weighted by atomic mass is 10.0. The molecule has 0 heterocycles.